The average molecular weight is 224 g/mol. The van der Waals surface area contributed by atoms with E-state index in [0.29, 0.717) is 5.70 Å². The lowest BCUT2D eigenvalue weighted by Gasteiger charge is -2.08. The molecule has 0 aliphatic carbocycles. The fraction of sp³-hybridized carbons (Fsp3) is 0.154. The van der Waals surface area contributed by atoms with Crippen LogP contribution in [0.25, 0.3) is 5.70 Å². The molecule has 4 nitrogen and oxygen atoms in total. The molecule has 1 rings (SSSR count). The Bertz CT molecular complexity index is 497. The van der Waals surface area contributed by atoms with Crippen molar-refractivity contribution < 1.29 is 0 Å². The van der Waals surface area contributed by atoms with Crippen molar-refractivity contribution in [2.75, 3.05) is 14.1 Å². The van der Waals surface area contributed by atoms with E-state index in [0.717, 1.165) is 5.56 Å². The first-order valence-corrected chi connectivity index (χ1v) is 5.00. The first kappa shape index (κ1) is 12.5. The molecule has 1 aromatic carbocycles. The lowest BCUT2D eigenvalue weighted by molar-refractivity contribution is 0.565. The highest BCUT2D eigenvalue weighted by Gasteiger charge is 2.02. The molecule has 0 atom stereocenters. The summed E-state index contributed by atoms with van der Waals surface area (Å²) in [5.41, 5.74) is 1.31. The van der Waals surface area contributed by atoms with Gasteiger partial charge in [-0.1, -0.05) is 30.3 Å². The number of nitrogens with zero attached hydrogens (tertiary/aromatic N) is 4. The van der Waals surface area contributed by atoms with Crippen LogP contribution >= 0.6 is 0 Å². The van der Waals surface area contributed by atoms with Crippen molar-refractivity contribution in [2.24, 2.45) is 4.99 Å². The molecule has 0 N–H and O–H groups in total. The standard InChI is InChI=1S/C13H12N4/c1-17(2)10-13(16-12(8-14)9-15)11-6-4-3-5-7-11/h3-7,10H,1-2H3. The van der Waals surface area contributed by atoms with E-state index in [9.17, 15) is 0 Å². The highest BCUT2D eigenvalue weighted by molar-refractivity contribution is 6.12. The molecule has 0 spiro atoms. The van der Waals surface area contributed by atoms with E-state index in [1.807, 2.05) is 49.3 Å². The Hall–Kier alpha value is -2.59. The molecule has 0 aliphatic rings. The van der Waals surface area contributed by atoms with Crippen molar-refractivity contribution in [3.8, 4) is 12.1 Å². The first-order chi connectivity index (χ1) is 8.17. The van der Waals surface area contributed by atoms with E-state index in [1.165, 1.54) is 0 Å². The Morgan fingerprint density at radius 2 is 1.76 bits per heavy atom. The molecule has 0 saturated heterocycles. The quantitative estimate of drug-likeness (QED) is 0.738. The van der Waals surface area contributed by atoms with Gasteiger partial charge >= 0.3 is 0 Å². The third kappa shape index (κ3) is 3.81. The van der Waals surface area contributed by atoms with E-state index < -0.39 is 0 Å². The summed E-state index contributed by atoms with van der Waals surface area (Å²) in [5.74, 6) is 0. The number of hydrogen-bond acceptors (Lipinski definition) is 4. The molecular formula is C13H12N4. The minimum Gasteiger partial charge on any atom is -0.382 e. The summed E-state index contributed by atoms with van der Waals surface area (Å²) in [6, 6.07) is 12.9. The number of rotatable bonds is 3. The molecule has 0 unspecified atom stereocenters. The third-order valence-electron chi connectivity index (χ3n) is 1.89. The van der Waals surface area contributed by atoms with Crippen LogP contribution in [-0.2, 0) is 0 Å². The second-order valence-corrected chi connectivity index (χ2v) is 3.53. The molecule has 84 valence electrons. The molecule has 0 amide bonds. The van der Waals surface area contributed by atoms with Gasteiger partial charge in [0.05, 0.1) is 5.70 Å². The molecule has 17 heavy (non-hydrogen) atoms. The SMILES string of the molecule is CN(C)C=C(N=C(C#N)C#N)c1ccccc1. The van der Waals surface area contributed by atoms with Gasteiger partial charge in [-0.05, 0) is 0 Å². The van der Waals surface area contributed by atoms with Crippen LogP contribution in [0.15, 0.2) is 41.5 Å². The van der Waals surface area contributed by atoms with E-state index >= 15 is 0 Å². The Balaban J connectivity index is 3.22. The van der Waals surface area contributed by atoms with Crippen LogP contribution in [0.1, 0.15) is 5.56 Å². The van der Waals surface area contributed by atoms with Gasteiger partial charge in [-0.15, -0.1) is 0 Å². The second kappa shape index (κ2) is 6.09. The summed E-state index contributed by atoms with van der Waals surface area (Å²) in [5, 5.41) is 17.4. The summed E-state index contributed by atoms with van der Waals surface area (Å²) in [6.45, 7) is 0. The number of hydrogen-bond donors (Lipinski definition) is 0. The second-order valence-electron chi connectivity index (χ2n) is 3.53. The zero-order chi connectivity index (χ0) is 12.7. The molecule has 0 heterocycles. The number of benzene rings is 1. The molecule has 1 aromatic rings. The van der Waals surface area contributed by atoms with Crippen molar-refractivity contribution in [3.63, 3.8) is 0 Å². The highest BCUT2D eigenvalue weighted by atomic mass is 15.0. The van der Waals surface area contributed by atoms with Gasteiger partial charge in [-0.3, -0.25) is 0 Å². The topological polar surface area (TPSA) is 63.2 Å². The maximum absolute atomic E-state index is 8.71. The molecule has 0 aliphatic heterocycles. The van der Waals surface area contributed by atoms with E-state index in [-0.39, 0.29) is 5.71 Å². The van der Waals surface area contributed by atoms with Gasteiger partial charge in [0.2, 0.25) is 5.71 Å². The van der Waals surface area contributed by atoms with Crippen LogP contribution in [0.5, 0.6) is 0 Å². The van der Waals surface area contributed by atoms with Crippen LogP contribution in [0.4, 0.5) is 0 Å². The van der Waals surface area contributed by atoms with E-state index in [2.05, 4.69) is 4.99 Å². The summed E-state index contributed by atoms with van der Waals surface area (Å²) in [4.78, 5) is 5.85. The molecule has 0 aromatic heterocycles. The molecule has 4 heteroatoms. The molecule has 0 radical (unpaired) electrons. The Labute approximate surface area is 101 Å². The Morgan fingerprint density at radius 1 is 1.18 bits per heavy atom. The lowest BCUT2D eigenvalue weighted by Crippen LogP contribution is -2.03. The summed E-state index contributed by atoms with van der Waals surface area (Å²) < 4.78 is 0. The van der Waals surface area contributed by atoms with Crippen LogP contribution in [0, 0.1) is 22.7 Å². The van der Waals surface area contributed by atoms with Gasteiger partial charge in [0, 0.05) is 25.9 Å². The third-order valence-corrected chi connectivity index (χ3v) is 1.89. The molecular weight excluding hydrogens is 212 g/mol. The number of aliphatic imine (C=N–C) groups is 1. The van der Waals surface area contributed by atoms with Gasteiger partial charge < -0.3 is 4.90 Å². The minimum atomic E-state index is -0.151. The highest BCUT2D eigenvalue weighted by Crippen LogP contribution is 2.16. The fourth-order valence-corrected chi connectivity index (χ4v) is 1.22. The Kier molecular flexibility index (Phi) is 4.47. The maximum Gasteiger partial charge on any atom is 0.218 e. The lowest BCUT2D eigenvalue weighted by atomic mass is 10.1. The summed E-state index contributed by atoms with van der Waals surface area (Å²) in [7, 11) is 3.72. The van der Waals surface area contributed by atoms with Crippen LogP contribution in [0.3, 0.4) is 0 Å². The summed E-state index contributed by atoms with van der Waals surface area (Å²) >= 11 is 0. The average Bonchev–Trinajstić information content (AvgIpc) is 2.35. The van der Waals surface area contributed by atoms with Gasteiger partial charge in [0.1, 0.15) is 12.1 Å². The molecule has 0 fully saturated rings. The predicted molar refractivity (Wildman–Crippen MR) is 66.8 cm³/mol. The van der Waals surface area contributed by atoms with Crippen molar-refractivity contribution >= 4 is 11.4 Å². The van der Waals surface area contributed by atoms with Crippen molar-refractivity contribution in [1.82, 2.24) is 4.90 Å². The molecule has 0 saturated carbocycles. The first-order valence-electron chi connectivity index (χ1n) is 5.00. The monoisotopic (exact) mass is 224 g/mol. The smallest absolute Gasteiger partial charge is 0.218 e. The van der Waals surface area contributed by atoms with Gasteiger partial charge in [-0.25, -0.2) is 4.99 Å². The van der Waals surface area contributed by atoms with Crippen molar-refractivity contribution in [3.05, 3.63) is 42.1 Å². The molecule has 0 bridgehead atoms. The fourth-order valence-electron chi connectivity index (χ4n) is 1.22. The van der Waals surface area contributed by atoms with Gasteiger partial charge in [0.25, 0.3) is 0 Å². The van der Waals surface area contributed by atoms with E-state index in [1.54, 1.807) is 18.3 Å². The normalized spacial score (nSPS) is 10.0. The number of nitriles is 2. The van der Waals surface area contributed by atoms with Crippen LogP contribution in [0.2, 0.25) is 0 Å². The zero-order valence-electron chi connectivity index (χ0n) is 9.75. The van der Waals surface area contributed by atoms with Crippen LogP contribution < -0.4 is 0 Å². The van der Waals surface area contributed by atoms with E-state index in [4.69, 9.17) is 10.5 Å². The Morgan fingerprint density at radius 3 is 2.24 bits per heavy atom. The van der Waals surface area contributed by atoms with Gasteiger partial charge in [0.15, 0.2) is 0 Å². The largest absolute Gasteiger partial charge is 0.382 e. The van der Waals surface area contributed by atoms with Crippen molar-refractivity contribution in [2.45, 2.75) is 0 Å². The maximum atomic E-state index is 8.71. The van der Waals surface area contributed by atoms with Crippen molar-refractivity contribution in [1.29, 1.82) is 10.5 Å². The summed E-state index contributed by atoms with van der Waals surface area (Å²) in [6.07, 6.45) is 1.77. The van der Waals surface area contributed by atoms with Crippen LogP contribution in [-0.4, -0.2) is 24.7 Å². The minimum absolute atomic E-state index is 0.151. The van der Waals surface area contributed by atoms with Gasteiger partial charge in [-0.2, -0.15) is 10.5 Å². The zero-order valence-corrected chi connectivity index (χ0v) is 9.75. The predicted octanol–water partition coefficient (Wildman–Crippen LogP) is 2.03.